The van der Waals surface area contributed by atoms with Gasteiger partial charge in [0.15, 0.2) is 0 Å². The molecule has 5 heteroatoms. The Morgan fingerprint density at radius 2 is 2.31 bits per heavy atom. The fourth-order valence-electron chi connectivity index (χ4n) is 0.874. The molecule has 0 aliphatic carbocycles. The normalized spacial score (nSPS) is 9.38. The van der Waals surface area contributed by atoms with Crippen LogP contribution in [0.4, 0.5) is 0 Å². The van der Waals surface area contributed by atoms with Gasteiger partial charge in [-0.1, -0.05) is 0 Å². The largest absolute Gasteiger partial charge is 0.480 e. The molecule has 5 nitrogen and oxygen atoms in total. The Labute approximate surface area is 75.6 Å². The van der Waals surface area contributed by atoms with Crippen LogP contribution in [0.5, 0.6) is 5.88 Å². The minimum atomic E-state index is -0.382. The fourth-order valence-corrected chi connectivity index (χ4v) is 0.874. The lowest BCUT2D eigenvalue weighted by Crippen LogP contribution is -2.22. The molecule has 1 amide bonds. The standard InChI is InChI=1S/C8H10N2O3/c1-12-8-6(4-3-5-9-8)7(11)10-13-2/h3-5H,1-2H3,(H,10,11). The van der Waals surface area contributed by atoms with Gasteiger partial charge in [-0.3, -0.25) is 9.63 Å². The number of carbonyl (C=O) groups excluding carboxylic acids is 1. The lowest BCUT2D eigenvalue weighted by Gasteiger charge is -2.05. The first-order chi connectivity index (χ1) is 6.29. The van der Waals surface area contributed by atoms with Crippen LogP contribution in [-0.4, -0.2) is 25.1 Å². The number of nitrogens with zero attached hydrogens (tertiary/aromatic N) is 1. The van der Waals surface area contributed by atoms with Gasteiger partial charge < -0.3 is 4.74 Å². The highest BCUT2D eigenvalue weighted by Crippen LogP contribution is 2.12. The maximum Gasteiger partial charge on any atom is 0.280 e. The summed E-state index contributed by atoms with van der Waals surface area (Å²) in [5.74, 6) is -0.107. The van der Waals surface area contributed by atoms with Crippen molar-refractivity contribution in [1.29, 1.82) is 0 Å². The predicted molar refractivity (Wildman–Crippen MR) is 45.3 cm³/mol. The van der Waals surface area contributed by atoms with Gasteiger partial charge in [-0.05, 0) is 12.1 Å². The number of amides is 1. The van der Waals surface area contributed by atoms with Crippen LogP contribution in [0.15, 0.2) is 18.3 Å². The van der Waals surface area contributed by atoms with Crippen molar-refractivity contribution < 1.29 is 14.4 Å². The second-order valence-electron chi connectivity index (χ2n) is 2.20. The van der Waals surface area contributed by atoms with E-state index in [0.717, 1.165) is 0 Å². The quantitative estimate of drug-likeness (QED) is 0.686. The molecule has 0 aromatic carbocycles. The van der Waals surface area contributed by atoms with Gasteiger partial charge >= 0.3 is 0 Å². The molecule has 0 saturated heterocycles. The van der Waals surface area contributed by atoms with Crippen molar-refractivity contribution in [2.24, 2.45) is 0 Å². The van der Waals surface area contributed by atoms with Crippen LogP contribution in [-0.2, 0) is 4.84 Å². The minimum absolute atomic E-state index is 0.275. The molecule has 0 saturated carbocycles. The lowest BCUT2D eigenvalue weighted by molar-refractivity contribution is 0.0534. The number of rotatable bonds is 3. The van der Waals surface area contributed by atoms with Crippen LogP contribution in [0, 0.1) is 0 Å². The SMILES string of the molecule is CONC(=O)c1cccnc1OC. The Morgan fingerprint density at radius 1 is 1.54 bits per heavy atom. The van der Waals surface area contributed by atoms with Crippen molar-refractivity contribution in [1.82, 2.24) is 10.5 Å². The third-order valence-corrected chi connectivity index (χ3v) is 1.40. The zero-order valence-corrected chi connectivity index (χ0v) is 7.40. The molecule has 0 spiro atoms. The number of hydroxylamine groups is 1. The van der Waals surface area contributed by atoms with Crippen molar-refractivity contribution in [3.05, 3.63) is 23.9 Å². The molecule has 1 rings (SSSR count). The highest BCUT2D eigenvalue weighted by atomic mass is 16.6. The van der Waals surface area contributed by atoms with E-state index in [1.807, 2.05) is 0 Å². The summed E-state index contributed by atoms with van der Waals surface area (Å²) >= 11 is 0. The maximum absolute atomic E-state index is 11.3. The molecular formula is C8H10N2O3. The van der Waals surface area contributed by atoms with Gasteiger partial charge in [0.1, 0.15) is 5.56 Å². The second kappa shape index (κ2) is 4.42. The summed E-state index contributed by atoms with van der Waals surface area (Å²) in [6.07, 6.45) is 1.54. The fraction of sp³-hybridized carbons (Fsp3) is 0.250. The van der Waals surface area contributed by atoms with Crippen molar-refractivity contribution in [3.8, 4) is 5.88 Å². The van der Waals surface area contributed by atoms with Crippen LogP contribution in [0.2, 0.25) is 0 Å². The smallest absolute Gasteiger partial charge is 0.280 e. The molecule has 1 aromatic rings. The van der Waals surface area contributed by atoms with Crippen LogP contribution in [0.25, 0.3) is 0 Å². The molecule has 0 aliphatic heterocycles. The molecule has 0 unspecified atom stereocenters. The molecule has 0 aliphatic rings. The van der Waals surface area contributed by atoms with Gasteiger partial charge in [0.25, 0.3) is 5.91 Å². The molecular weight excluding hydrogens is 172 g/mol. The lowest BCUT2D eigenvalue weighted by atomic mass is 10.2. The van der Waals surface area contributed by atoms with Gasteiger partial charge in [-0.15, -0.1) is 0 Å². The average Bonchev–Trinajstić information content (AvgIpc) is 2.18. The van der Waals surface area contributed by atoms with Crippen molar-refractivity contribution in [2.75, 3.05) is 14.2 Å². The van der Waals surface area contributed by atoms with Crippen LogP contribution >= 0.6 is 0 Å². The molecule has 70 valence electrons. The second-order valence-corrected chi connectivity index (χ2v) is 2.20. The van der Waals surface area contributed by atoms with Crippen molar-refractivity contribution in [3.63, 3.8) is 0 Å². The number of hydrogen-bond donors (Lipinski definition) is 1. The first-order valence-electron chi connectivity index (χ1n) is 3.62. The van der Waals surface area contributed by atoms with E-state index >= 15 is 0 Å². The number of aromatic nitrogens is 1. The van der Waals surface area contributed by atoms with E-state index in [4.69, 9.17) is 4.74 Å². The topological polar surface area (TPSA) is 60.5 Å². The maximum atomic E-state index is 11.3. The third kappa shape index (κ3) is 2.16. The molecule has 1 aromatic heterocycles. The van der Waals surface area contributed by atoms with Gasteiger partial charge in [-0.25, -0.2) is 10.5 Å². The Balaban J connectivity index is 2.92. The van der Waals surface area contributed by atoms with E-state index < -0.39 is 0 Å². The van der Waals surface area contributed by atoms with E-state index in [0.29, 0.717) is 5.56 Å². The molecule has 0 atom stereocenters. The Morgan fingerprint density at radius 3 is 2.92 bits per heavy atom. The van der Waals surface area contributed by atoms with Crippen LogP contribution in [0.1, 0.15) is 10.4 Å². The van der Waals surface area contributed by atoms with E-state index in [2.05, 4.69) is 15.3 Å². The van der Waals surface area contributed by atoms with E-state index in [1.54, 1.807) is 18.3 Å². The average molecular weight is 182 g/mol. The summed E-state index contributed by atoms with van der Waals surface area (Å²) in [6, 6.07) is 3.24. The summed E-state index contributed by atoms with van der Waals surface area (Å²) in [4.78, 5) is 19.6. The van der Waals surface area contributed by atoms with Gasteiger partial charge in [0.05, 0.1) is 14.2 Å². The van der Waals surface area contributed by atoms with Crippen molar-refractivity contribution in [2.45, 2.75) is 0 Å². The first-order valence-corrected chi connectivity index (χ1v) is 3.62. The molecule has 0 bridgehead atoms. The van der Waals surface area contributed by atoms with Gasteiger partial charge in [-0.2, -0.15) is 0 Å². The third-order valence-electron chi connectivity index (χ3n) is 1.40. The van der Waals surface area contributed by atoms with Gasteiger partial charge in [0.2, 0.25) is 5.88 Å². The Hall–Kier alpha value is -1.62. The van der Waals surface area contributed by atoms with Crippen molar-refractivity contribution >= 4 is 5.91 Å². The Bertz CT molecular complexity index is 301. The molecule has 1 N–H and O–H groups in total. The number of carbonyl (C=O) groups is 1. The summed E-state index contributed by atoms with van der Waals surface area (Å²) in [5.41, 5.74) is 2.52. The summed E-state index contributed by atoms with van der Waals surface area (Å²) < 4.78 is 4.89. The van der Waals surface area contributed by atoms with E-state index in [9.17, 15) is 4.79 Å². The number of ether oxygens (including phenoxy) is 1. The summed E-state index contributed by atoms with van der Waals surface area (Å²) in [7, 11) is 2.81. The summed E-state index contributed by atoms with van der Waals surface area (Å²) in [6.45, 7) is 0. The predicted octanol–water partition coefficient (Wildman–Crippen LogP) is 0.381. The summed E-state index contributed by atoms with van der Waals surface area (Å²) in [5, 5.41) is 0. The molecule has 13 heavy (non-hydrogen) atoms. The van der Waals surface area contributed by atoms with Gasteiger partial charge in [0, 0.05) is 6.20 Å². The highest BCUT2D eigenvalue weighted by molar-refractivity contribution is 5.95. The first kappa shape index (κ1) is 9.47. The van der Waals surface area contributed by atoms with Crippen LogP contribution < -0.4 is 10.2 Å². The number of nitrogens with one attached hydrogen (secondary N) is 1. The number of methoxy groups -OCH3 is 1. The zero-order chi connectivity index (χ0) is 9.68. The highest BCUT2D eigenvalue weighted by Gasteiger charge is 2.11. The van der Waals surface area contributed by atoms with Crippen LogP contribution in [0.3, 0.4) is 0 Å². The Kier molecular flexibility index (Phi) is 3.22. The molecule has 1 heterocycles. The minimum Gasteiger partial charge on any atom is -0.480 e. The van der Waals surface area contributed by atoms with E-state index in [-0.39, 0.29) is 11.8 Å². The molecule has 0 radical (unpaired) electrons. The zero-order valence-electron chi connectivity index (χ0n) is 7.40. The molecule has 0 fully saturated rings. The van der Waals surface area contributed by atoms with E-state index in [1.165, 1.54) is 14.2 Å². The number of pyridine rings is 1. The monoisotopic (exact) mass is 182 g/mol. The number of hydrogen-bond acceptors (Lipinski definition) is 4.